The molecule has 3 aromatic rings. The molecule has 1 aliphatic heterocycles. The highest BCUT2D eigenvalue weighted by atomic mass is 16.3. The van der Waals surface area contributed by atoms with E-state index in [4.69, 9.17) is 0 Å². The Morgan fingerprint density at radius 1 is 1.25 bits per heavy atom. The quantitative estimate of drug-likeness (QED) is 0.650. The fraction of sp³-hybridized carbons (Fsp3) is 0.286. The van der Waals surface area contributed by atoms with E-state index in [1.54, 1.807) is 35.4 Å². The molecule has 3 N–H and O–H groups in total. The van der Waals surface area contributed by atoms with Crippen molar-refractivity contribution in [2.75, 3.05) is 13.1 Å². The number of carbonyl (C=O) groups is 2. The molecule has 1 saturated heterocycles. The van der Waals surface area contributed by atoms with E-state index in [1.807, 2.05) is 19.1 Å². The molecule has 1 atom stereocenters. The number of aromatic amines is 1. The van der Waals surface area contributed by atoms with Crippen LogP contribution in [0.1, 0.15) is 39.8 Å². The Morgan fingerprint density at radius 2 is 2.04 bits per heavy atom. The smallest absolute Gasteiger partial charge is 0.255 e. The van der Waals surface area contributed by atoms with E-state index in [9.17, 15) is 14.7 Å². The zero-order chi connectivity index (χ0) is 19.7. The molecule has 7 nitrogen and oxygen atoms in total. The molecule has 4 rings (SSSR count). The SMILES string of the molecule is CCc1[nH]ncc1C(=O)N[C@@H]1CCN(C(=O)c2ccc3cc(O)ccc3c2)C1. The van der Waals surface area contributed by atoms with Gasteiger partial charge in [-0.25, -0.2) is 0 Å². The van der Waals surface area contributed by atoms with Gasteiger partial charge in [0.2, 0.25) is 0 Å². The van der Waals surface area contributed by atoms with Crippen LogP contribution in [0.3, 0.4) is 0 Å². The first kappa shape index (κ1) is 18.0. The number of carbonyl (C=O) groups excluding carboxylic acids is 2. The van der Waals surface area contributed by atoms with Crippen LogP contribution >= 0.6 is 0 Å². The molecule has 2 aromatic carbocycles. The molecule has 2 amide bonds. The molecule has 0 unspecified atom stereocenters. The maximum absolute atomic E-state index is 12.9. The number of phenolic OH excluding ortho intramolecular Hbond substituents is 1. The Balaban J connectivity index is 1.43. The van der Waals surface area contributed by atoms with Gasteiger partial charge in [0.05, 0.1) is 11.8 Å². The third-order valence-corrected chi connectivity index (χ3v) is 5.20. The van der Waals surface area contributed by atoms with Crippen LogP contribution in [0.2, 0.25) is 0 Å². The lowest BCUT2D eigenvalue weighted by atomic mass is 10.1. The fourth-order valence-corrected chi connectivity index (χ4v) is 3.65. The Kier molecular flexibility index (Phi) is 4.73. The van der Waals surface area contributed by atoms with Gasteiger partial charge < -0.3 is 15.3 Å². The zero-order valence-electron chi connectivity index (χ0n) is 15.6. The van der Waals surface area contributed by atoms with Crippen molar-refractivity contribution in [1.29, 1.82) is 0 Å². The van der Waals surface area contributed by atoms with Crippen molar-refractivity contribution < 1.29 is 14.7 Å². The minimum absolute atomic E-state index is 0.0516. The predicted molar refractivity (Wildman–Crippen MR) is 105 cm³/mol. The van der Waals surface area contributed by atoms with Crippen LogP contribution < -0.4 is 5.32 Å². The van der Waals surface area contributed by atoms with Gasteiger partial charge in [0, 0.05) is 30.4 Å². The second-order valence-corrected chi connectivity index (χ2v) is 7.07. The first-order chi connectivity index (χ1) is 13.5. The molecular formula is C21H22N4O3. The van der Waals surface area contributed by atoms with Crippen molar-refractivity contribution in [1.82, 2.24) is 20.4 Å². The van der Waals surface area contributed by atoms with Gasteiger partial charge in [0.1, 0.15) is 5.75 Å². The molecule has 1 aliphatic rings. The van der Waals surface area contributed by atoms with Crippen molar-refractivity contribution in [3.05, 3.63) is 59.4 Å². The lowest BCUT2D eigenvalue weighted by molar-refractivity contribution is 0.0783. The molecule has 28 heavy (non-hydrogen) atoms. The summed E-state index contributed by atoms with van der Waals surface area (Å²) in [4.78, 5) is 27.1. The third kappa shape index (κ3) is 3.43. The number of likely N-dealkylation sites (tertiary alicyclic amines) is 1. The molecule has 2 heterocycles. The first-order valence-electron chi connectivity index (χ1n) is 9.40. The van der Waals surface area contributed by atoms with E-state index < -0.39 is 0 Å². The van der Waals surface area contributed by atoms with Crippen LogP contribution in [0.25, 0.3) is 10.8 Å². The monoisotopic (exact) mass is 378 g/mol. The number of amides is 2. The summed E-state index contributed by atoms with van der Waals surface area (Å²) in [6.07, 6.45) is 2.97. The van der Waals surface area contributed by atoms with Crippen LogP contribution in [-0.2, 0) is 6.42 Å². The number of aryl methyl sites for hydroxylation is 1. The number of benzene rings is 2. The van der Waals surface area contributed by atoms with Gasteiger partial charge in [-0.1, -0.05) is 19.1 Å². The average molecular weight is 378 g/mol. The van der Waals surface area contributed by atoms with E-state index in [-0.39, 0.29) is 23.6 Å². The van der Waals surface area contributed by atoms with E-state index in [0.717, 1.165) is 22.9 Å². The Bertz CT molecular complexity index is 1040. The fourth-order valence-electron chi connectivity index (χ4n) is 3.65. The highest BCUT2D eigenvalue weighted by Gasteiger charge is 2.29. The summed E-state index contributed by atoms with van der Waals surface area (Å²) >= 11 is 0. The molecular weight excluding hydrogens is 356 g/mol. The highest BCUT2D eigenvalue weighted by molar-refractivity contribution is 5.99. The molecule has 7 heteroatoms. The van der Waals surface area contributed by atoms with Crippen LogP contribution in [-0.4, -0.2) is 51.1 Å². The number of aromatic hydroxyl groups is 1. The van der Waals surface area contributed by atoms with Crippen molar-refractivity contribution >= 4 is 22.6 Å². The third-order valence-electron chi connectivity index (χ3n) is 5.20. The van der Waals surface area contributed by atoms with E-state index >= 15 is 0 Å². The minimum Gasteiger partial charge on any atom is -0.508 e. The summed E-state index contributed by atoms with van der Waals surface area (Å²) in [7, 11) is 0. The van der Waals surface area contributed by atoms with Crippen LogP contribution in [0.4, 0.5) is 0 Å². The number of nitrogens with zero attached hydrogens (tertiary/aromatic N) is 2. The van der Waals surface area contributed by atoms with Crippen LogP contribution in [0.5, 0.6) is 5.75 Å². The molecule has 0 bridgehead atoms. The molecule has 0 radical (unpaired) electrons. The Hall–Kier alpha value is -3.35. The number of fused-ring (bicyclic) bond motifs is 1. The molecule has 1 aromatic heterocycles. The standard InChI is InChI=1S/C21H22N4O3/c1-2-19-18(11-22-24-19)20(27)23-16-7-8-25(12-16)21(28)15-4-3-14-10-17(26)6-5-13(14)9-15/h3-6,9-11,16,26H,2,7-8,12H2,1H3,(H,22,24)(H,23,27)/t16-/m1/s1. The summed E-state index contributed by atoms with van der Waals surface area (Å²) in [5.41, 5.74) is 1.98. The van der Waals surface area contributed by atoms with E-state index in [0.29, 0.717) is 30.6 Å². The normalized spacial score (nSPS) is 16.5. The summed E-state index contributed by atoms with van der Waals surface area (Å²) in [5.74, 6) is -0.00625. The summed E-state index contributed by atoms with van der Waals surface area (Å²) in [6, 6.07) is 10.4. The lowest BCUT2D eigenvalue weighted by Gasteiger charge is -2.17. The van der Waals surface area contributed by atoms with Crippen LogP contribution in [0, 0.1) is 0 Å². The molecule has 0 spiro atoms. The van der Waals surface area contributed by atoms with Gasteiger partial charge >= 0.3 is 0 Å². The van der Waals surface area contributed by atoms with Gasteiger partial charge in [-0.05, 0) is 47.9 Å². The minimum atomic E-state index is -0.157. The number of rotatable bonds is 4. The lowest BCUT2D eigenvalue weighted by Crippen LogP contribution is -2.38. The van der Waals surface area contributed by atoms with Gasteiger partial charge in [-0.3, -0.25) is 14.7 Å². The summed E-state index contributed by atoms with van der Waals surface area (Å²) < 4.78 is 0. The number of phenols is 1. The Morgan fingerprint density at radius 3 is 2.86 bits per heavy atom. The number of hydrogen-bond donors (Lipinski definition) is 3. The average Bonchev–Trinajstić information content (AvgIpc) is 3.36. The summed E-state index contributed by atoms with van der Waals surface area (Å²) in [6.45, 7) is 3.05. The molecule has 0 aliphatic carbocycles. The predicted octanol–water partition coefficient (Wildman–Crippen LogP) is 2.48. The van der Waals surface area contributed by atoms with Gasteiger partial charge in [-0.15, -0.1) is 0 Å². The number of aromatic nitrogens is 2. The number of hydrogen-bond acceptors (Lipinski definition) is 4. The van der Waals surface area contributed by atoms with Crippen molar-refractivity contribution in [2.24, 2.45) is 0 Å². The topological polar surface area (TPSA) is 98.3 Å². The Labute approximate surface area is 162 Å². The molecule has 1 fully saturated rings. The van der Waals surface area contributed by atoms with Gasteiger partial charge in [0.15, 0.2) is 0 Å². The number of H-pyrrole nitrogens is 1. The maximum Gasteiger partial charge on any atom is 0.255 e. The summed E-state index contributed by atoms with van der Waals surface area (Å²) in [5, 5.41) is 21.1. The second-order valence-electron chi connectivity index (χ2n) is 7.07. The first-order valence-corrected chi connectivity index (χ1v) is 9.40. The maximum atomic E-state index is 12.9. The second kappa shape index (κ2) is 7.34. The van der Waals surface area contributed by atoms with Gasteiger partial charge in [0.25, 0.3) is 11.8 Å². The highest BCUT2D eigenvalue weighted by Crippen LogP contribution is 2.23. The van der Waals surface area contributed by atoms with E-state index in [2.05, 4.69) is 15.5 Å². The van der Waals surface area contributed by atoms with Crippen molar-refractivity contribution in [3.8, 4) is 5.75 Å². The van der Waals surface area contributed by atoms with E-state index in [1.165, 1.54) is 0 Å². The number of nitrogens with one attached hydrogen (secondary N) is 2. The zero-order valence-corrected chi connectivity index (χ0v) is 15.6. The molecule has 0 saturated carbocycles. The van der Waals surface area contributed by atoms with Crippen LogP contribution in [0.15, 0.2) is 42.6 Å². The van der Waals surface area contributed by atoms with Gasteiger partial charge in [-0.2, -0.15) is 5.10 Å². The van der Waals surface area contributed by atoms with Crippen molar-refractivity contribution in [3.63, 3.8) is 0 Å². The largest absolute Gasteiger partial charge is 0.508 e. The van der Waals surface area contributed by atoms with Crippen molar-refractivity contribution in [2.45, 2.75) is 25.8 Å². The molecule has 144 valence electrons.